The van der Waals surface area contributed by atoms with Crippen LogP contribution in [0.5, 0.6) is 0 Å². The van der Waals surface area contributed by atoms with Crippen molar-refractivity contribution < 1.29 is 4.39 Å². The summed E-state index contributed by atoms with van der Waals surface area (Å²) in [7, 11) is 0. The highest BCUT2D eigenvalue weighted by Crippen LogP contribution is 2.51. The number of hydrogen-bond donors (Lipinski definition) is 0. The molecular weight excluding hydrogens is 622 g/mol. The largest absolute Gasteiger partial charge is 0.310 e. The molecule has 0 bridgehead atoms. The van der Waals surface area contributed by atoms with Gasteiger partial charge in [0.25, 0.3) is 0 Å². The molecule has 2 heteroatoms. The fourth-order valence-electron chi connectivity index (χ4n) is 8.03. The van der Waals surface area contributed by atoms with Crippen molar-refractivity contribution in [3.05, 3.63) is 199 Å². The van der Waals surface area contributed by atoms with Gasteiger partial charge in [-0.2, -0.15) is 0 Å². The molecule has 0 heterocycles. The van der Waals surface area contributed by atoms with Gasteiger partial charge in [0.2, 0.25) is 0 Å². The Morgan fingerprint density at radius 3 is 1.65 bits per heavy atom. The lowest BCUT2D eigenvalue weighted by Crippen LogP contribution is -2.16. The van der Waals surface area contributed by atoms with Crippen LogP contribution in [0, 0.1) is 5.82 Å². The van der Waals surface area contributed by atoms with Crippen molar-refractivity contribution in [2.45, 2.75) is 19.3 Å². The molecule has 0 saturated carbocycles. The summed E-state index contributed by atoms with van der Waals surface area (Å²) in [5.74, 6) is -0.232. The highest BCUT2D eigenvalue weighted by Gasteiger charge is 2.35. The van der Waals surface area contributed by atoms with Crippen LogP contribution >= 0.6 is 0 Å². The van der Waals surface area contributed by atoms with Crippen LogP contribution in [0.1, 0.15) is 25.0 Å². The first-order valence-electron chi connectivity index (χ1n) is 17.5. The van der Waals surface area contributed by atoms with E-state index in [9.17, 15) is 4.39 Å². The van der Waals surface area contributed by atoms with Gasteiger partial charge in [-0.3, -0.25) is 0 Å². The fraction of sp³-hybridized carbons (Fsp3) is 0.0612. The van der Waals surface area contributed by atoms with E-state index in [2.05, 4.69) is 176 Å². The van der Waals surface area contributed by atoms with Crippen LogP contribution in [-0.4, -0.2) is 0 Å². The van der Waals surface area contributed by atoms with E-state index < -0.39 is 0 Å². The molecule has 0 N–H and O–H groups in total. The maximum absolute atomic E-state index is 13.9. The van der Waals surface area contributed by atoms with Crippen molar-refractivity contribution >= 4 is 27.8 Å². The van der Waals surface area contributed by atoms with Gasteiger partial charge in [0, 0.05) is 22.4 Å². The first-order valence-corrected chi connectivity index (χ1v) is 17.5. The van der Waals surface area contributed by atoms with Crippen LogP contribution in [0.2, 0.25) is 0 Å². The number of para-hydroxylation sites is 1. The Morgan fingerprint density at radius 2 is 0.941 bits per heavy atom. The summed E-state index contributed by atoms with van der Waals surface area (Å²) in [6, 6.07) is 63.6. The van der Waals surface area contributed by atoms with Crippen molar-refractivity contribution in [3.8, 4) is 44.5 Å². The SMILES string of the molecule is CC1(C)c2ccccc2-c2ccc(N(c3ccc(-c4cccc5cccc(-c6ccc(F)cc6)c45)cc3)c3ccccc3-c3ccccc3)cc21. The number of halogens is 1. The molecule has 8 aromatic rings. The van der Waals surface area contributed by atoms with Crippen LogP contribution in [0.4, 0.5) is 21.5 Å². The van der Waals surface area contributed by atoms with Gasteiger partial charge < -0.3 is 4.90 Å². The maximum atomic E-state index is 13.9. The van der Waals surface area contributed by atoms with E-state index in [0.717, 1.165) is 50.1 Å². The Balaban J connectivity index is 1.21. The van der Waals surface area contributed by atoms with Gasteiger partial charge in [-0.1, -0.05) is 153 Å². The van der Waals surface area contributed by atoms with Gasteiger partial charge in [-0.05, 0) is 103 Å². The van der Waals surface area contributed by atoms with Crippen molar-refractivity contribution in [1.82, 2.24) is 0 Å². The first kappa shape index (κ1) is 30.8. The van der Waals surface area contributed by atoms with E-state index in [0.29, 0.717) is 0 Å². The lowest BCUT2D eigenvalue weighted by atomic mass is 9.82. The van der Waals surface area contributed by atoms with Crippen LogP contribution in [-0.2, 0) is 5.41 Å². The Hall–Kier alpha value is -6.25. The summed E-state index contributed by atoms with van der Waals surface area (Å²) < 4.78 is 13.9. The summed E-state index contributed by atoms with van der Waals surface area (Å²) >= 11 is 0. The van der Waals surface area contributed by atoms with E-state index in [1.165, 1.54) is 45.5 Å². The molecule has 1 nitrogen and oxygen atoms in total. The Bertz CT molecular complexity index is 2540. The normalized spacial score (nSPS) is 12.8. The molecule has 244 valence electrons. The molecule has 8 aromatic carbocycles. The zero-order chi connectivity index (χ0) is 34.5. The summed E-state index contributed by atoms with van der Waals surface area (Å²) in [6.07, 6.45) is 0. The molecule has 0 atom stereocenters. The summed E-state index contributed by atoms with van der Waals surface area (Å²) in [4.78, 5) is 2.40. The monoisotopic (exact) mass is 657 g/mol. The van der Waals surface area contributed by atoms with E-state index >= 15 is 0 Å². The molecule has 51 heavy (non-hydrogen) atoms. The number of fused-ring (bicyclic) bond motifs is 4. The molecular formula is C49H36FN. The smallest absolute Gasteiger partial charge is 0.123 e. The molecule has 0 radical (unpaired) electrons. The molecule has 0 spiro atoms. The second-order valence-electron chi connectivity index (χ2n) is 13.9. The van der Waals surface area contributed by atoms with Gasteiger partial charge in [-0.25, -0.2) is 4.39 Å². The van der Waals surface area contributed by atoms with Gasteiger partial charge in [0.05, 0.1) is 5.69 Å². The topological polar surface area (TPSA) is 3.24 Å². The minimum Gasteiger partial charge on any atom is -0.310 e. The van der Waals surface area contributed by atoms with Gasteiger partial charge in [-0.15, -0.1) is 0 Å². The molecule has 0 saturated heterocycles. The maximum Gasteiger partial charge on any atom is 0.123 e. The van der Waals surface area contributed by atoms with Gasteiger partial charge in [0.1, 0.15) is 5.82 Å². The molecule has 1 aliphatic rings. The predicted molar refractivity (Wildman–Crippen MR) is 212 cm³/mol. The Morgan fingerprint density at radius 1 is 0.412 bits per heavy atom. The first-order chi connectivity index (χ1) is 25.0. The average molecular weight is 658 g/mol. The molecule has 0 amide bonds. The van der Waals surface area contributed by atoms with Crippen molar-refractivity contribution in [3.63, 3.8) is 0 Å². The highest BCUT2D eigenvalue weighted by molar-refractivity contribution is 6.06. The van der Waals surface area contributed by atoms with Gasteiger partial charge >= 0.3 is 0 Å². The third-order valence-electron chi connectivity index (χ3n) is 10.6. The number of anilines is 3. The zero-order valence-electron chi connectivity index (χ0n) is 28.6. The highest BCUT2D eigenvalue weighted by atomic mass is 19.1. The van der Waals surface area contributed by atoms with Gasteiger partial charge in [0.15, 0.2) is 0 Å². The minimum atomic E-state index is -0.232. The van der Waals surface area contributed by atoms with E-state index in [1.54, 1.807) is 0 Å². The summed E-state index contributed by atoms with van der Waals surface area (Å²) in [5.41, 5.74) is 15.2. The molecule has 0 unspecified atom stereocenters. The lowest BCUT2D eigenvalue weighted by Gasteiger charge is -2.30. The van der Waals surface area contributed by atoms with Crippen LogP contribution in [0.15, 0.2) is 182 Å². The quantitative estimate of drug-likeness (QED) is 0.172. The van der Waals surface area contributed by atoms with Crippen molar-refractivity contribution in [1.29, 1.82) is 0 Å². The molecule has 0 aliphatic heterocycles. The molecule has 0 fully saturated rings. The van der Waals surface area contributed by atoms with Crippen LogP contribution in [0.3, 0.4) is 0 Å². The summed E-state index contributed by atoms with van der Waals surface area (Å²) in [6.45, 7) is 4.67. The van der Waals surface area contributed by atoms with Crippen molar-refractivity contribution in [2.24, 2.45) is 0 Å². The van der Waals surface area contributed by atoms with E-state index in [1.807, 2.05) is 12.1 Å². The number of nitrogens with zero attached hydrogens (tertiary/aromatic N) is 1. The second-order valence-corrected chi connectivity index (χ2v) is 13.9. The van der Waals surface area contributed by atoms with Crippen LogP contribution < -0.4 is 4.90 Å². The zero-order valence-corrected chi connectivity index (χ0v) is 28.6. The van der Waals surface area contributed by atoms with Crippen LogP contribution in [0.25, 0.3) is 55.3 Å². The third-order valence-corrected chi connectivity index (χ3v) is 10.6. The Kier molecular flexibility index (Phi) is 7.40. The minimum absolute atomic E-state index is 0.118. The average Bonchev–Trinajstić information content (AvgIpc) is 3.41. The third kappa shape index (κ3) is 5.23. The Labute approximate surface area is 298 Å². The summed E-state index contributed by atoms with van der Waals surface area (Å²) in [5, 5.41) is 2.31. The second kappa shape index (κ2) is 12.3. The fourth-order valence-corrected chi connectivity index (χ4v) is 8.03. The standard InChI is InChI=1S/C49H36FN/c1-49(2)45-20-8-6-17-43(45)44-31-30-39(32-46(44)49)51(47-21-9-7-16-40(47)33-12-4-3-5-13-33)38-28-24-35(25-29-38)42-19-11-15-36-14-10-18-41(48(36)42)34-22-26-37(50)27-23-34/h3-32H,1-2H3. The predicted octanol–water partition coefficient (Wildman–Crippen LogP) is 13.8. The van der Waals surface area contributed by atoms with E-state index in [4.69, 9.17) is 0 Å². The molecule has 1 aliphatic carbocycles. The number of rotatable bonds is 6. The number of benzene rings is 8. The molecule has 0 aromatic heterocycles. The van der Waals surface area contributed by atoms with Crippen molar-refractivity contribution in [2.75, 3.05) is 4.90 Å². The molecule has 9 rings (SSSR count). The van der Waals surface area contributed by atoms with E-state index in [-0.39, 0.29) is 11.2 Å². The number of hydrogen-bond acceptors (Lipinski definition) is 1. The lowest BCUT2D eigenvalue weighted by molar-refractivity contribution is 0.628.